The molecule has 3 fully saturated rings. The second-order valence-electron chi connectivity index (χ2n) is 8.46. The number of methoxy groups -OCH3 is 1. The van der Waals surface area contributed by atoms with E-state index in [0.717, 1.165) is 64.7 Å². The maximum atomic E-state index is 13.0. The summed E-state index contributed by atoms with van der Waals surface area (Å²) in [4.78, 5) is 31.9. The molecule has 6 heteroatoms. The number of hydrogen-bond donors (Lipinski definition) is 0. The van der Waals surface area contributed by atoms with Gasteiger partial charge in [0.1, 0.15) is 0 Å². The molecule has 0 radical (unpaired) electrons. The van der Waals surface area contributed by atoms with Crippen LogP contribution in [0, 0.1) is 5.41 Å². The maximum Gasteiger partial charge on any atom is 0.230 e. The van der Waals surface area contributed by atoms with Crippen LogP contribution in [0.25, 0.3) is 0 Å². The van der Waals surface area contributed by atoms with Gasteiger partial charge in [-0.3, -0.25) is 9.59 Å². The van der Waals surface area contributed by atoms with E-state index in [-0.39, 0.29) is 22.8 Å². The summed E-state index contributed by atoms with van der Waals surface area (Å²) >= 11 is 0. The molecular weight excluding hydrogens is 318 g/mol. The number of carbonyl (C=O) groups excluding carboxylic acids is 2. The van der Waals surface area contributed by atoms with Gasteiger partial charge in [-0.15, -0.1) is 0 Å². The summed E-state index contributed by atoms with van der Waals surface area (Å²) in [6.45, 7) is 3.89. The first kappa shape index (κ1) is 18.6. The Bertz CT molecular complexity index is 513. The molecular formula is C19H33N3O3. The van der Waals surface area contributed by atoms with Gasteiger partial charge in [0.2, 0.25) is 11.8 Å². The molecule has 1 aliphatic carbocycles. The Labute approximate surface area is 151 Å². The maximum absolute atomic E-state index is 13.0. The minimum atomic E-state index is -0.333. The molecule has 1 spiro atoms. The SMILES string of the molecule is COC1(CC(=O)N2CCCC3(CCN(CCN(C)C)C3=O)C2)CCC1. The second kappa shape index (κ2) is 7.23. The van der Waals surface area contributed by atoms with Crippen molar-refractivity contribution in [2.24, 2.45) is 5.41 Å². The molecule has 2 heterocycles. The van der Waals surface area contributed by atoms with Gasteiger partial charge in [-0.05, 0) is 52.6 Å². The van der Waals surface area contributed by atoms with Crippen molar-refractivity contribution in [3.8, 4) is 0 Å². The standard InChI is InChI=1S/C19H33N3O3/c1-20(2)12-13-21-11-9-18(17(21)24)6-5-10-22(15-18)16(23)14-19(25-3)7-4-8-19/h4-15H2,1-3H3. The molecule has 1 unspecified atom stereocenters. The Balaban J connectivity index is 1.61. The van der Waals surface area contributed by atoms with E-state index in [4.69, 9.17) is 4.74 Å². The quantitative estimate of drug-likeness (QED) is 0.725. The lowest BCUT2D eigenvalue weighted by molar-refractivity contribution is -0.150. The zero-order valence-electron chi connectivity index (χ0n) is 16.1. The number of carbonyl (C=O) groups is 2. The van der Waals surface area contributed by atoms with Gasteiger partial charge in [0.25, 0.3) is 0 Å². The third-order valence-electron chi connectivity index (χ3n) is 6.52. The van der Waals surface area contributed by atoms with Crippen molar-refractivity contribution in [2.75, 3.05) is 53.9 Å². The van der Waals surface area contributed by atoms with Crippen LogP contribution in [0.3, 0.4) is 0 Å². The first-order valence-corrected chi connectivity index (χ1v) is 9.67. The fraction of sp³-hybridized carbons (Fsp3) is 0.895. The minimum absolute atomic E-state index is 0.167. The van der Waals surface area contributed by atoms with Gasteiger partial charge in [0, 0.05) is 39.8 Å². The largest absolute Gasteiger partial charge is 0.378 e. The Hall–Kier alpha value is -1.14. The van der Waals surface area contributed by atoms with E-state index in [2.05, 4.69) is 4.90 Å². The summed E-state index contributed by atoms with van der Waals surface area (Å²) in [6.07, 6.45) is 6.31. The summed E-state index contributed by atoms with van der Waals surface area (Å²) in [5, 5.41) is 0. The number of likely N-dealkylation sites (tertiary alicyclic amines) is 2. The molecule has 6 nitrogen and oxygen atoms in total. The Kier molecular flexibility index (Phi) is 5.40. The molecule has 1 saturated carbocycles. The highest BCUT2D eigenvalue weighted by molar-refractivity contribution is 5.86. The van der Waals surface area contributed by atoms with Crippen LogP contribution in [0.4, 0.5) is 0 Å². The van der Waals surface area contributed by atoms with Crippen molar-refractivity contribution in [1.29, 1.82) is 0 Å². The lowest BCUT2D eigenvalue weighted by atomic mass is 9.76. The van der Waals surface area contributed by atoms with Gasteiger partial charge in [0.05, 0.1) is 17.4 Å². The number of hydrogen-bond acceptors (Lipinski definition) is 4. The van der Waals surface area contributed by atoms with Crippen LogP contribution in [-0.2, 0) is 14.3 Å². The number of likely N-dealkylation sites (N-methyl/N-ethyl adjacent to an activating group) is 1. The number of ether oxygens (including phenoxy) is 1. The molecule has 0 aromatic carbocycles. The normalized spacial score (nSPS) is 28.7. The third-order valence-corrected chi connectivity index (χ3v) is 6.52. The minimum Gasteiger partial charge on any atom is -0.378 e. The molecule has 3 aliphatic rings. The molecule has 2 aliphatic heterocycles. The molecule has 0 N–H and O–H groups in total. The van der Waals surface area contributed by atoms with Crippen molar-refractivity contribution in [2.45, 2.75) is 50.5 Å². The van der Waals surface area contributed by atoms with Crippen molar-refractivity contribution in [1.82, 2.24) is 14.7 Å². The summed E-state index contributed by atoms with van der Waals surface area (Å²) in [6, 6.07) is 0. The van der Waals surface area contributed by atoms with Gasteiger partial charge in [0.15, 0.2) is 0 Å². The van der Waals surface area contributed by atoms with Crippen LogP contribution in [0.1, 0.15) is 44.9 Å². The lowest BCUT2D eigenvalue weighted by Crippen LogP contribution is -2.52. The average molecular weight is 351 g/mol. The van der Waals surface area contributed by atoms with Crippen molar-refractivity contribution in [3.05, 3.63) is 0 Å². The van der Waals surface area contributed by atoms with Crippen LogP contribution < -0.4 is 0 Å². The van der Waals surface area contributed by atoms with E-state index in [1.54, 1.807) is 7.11 Å². The molecule has 3 rings (SSSR count). The molecule has 1 atom stereocenters. The first-order chi connectivity index (χ1) is 11.9. The van der Waals surface area contributed by atoms with E-state index in [9.17, 15) is 9.59 Å². The first-order valence-electron chi connectivity index (χ1n) is 9.67. The van der Waals surface area contributed by atoms with Gasteiger partial charge in [-0.2, -0.15) is 0 Å². The smallest absolute Gasteiger partial charge is 0.230 e. The summed E-state index contributed by atoms with van der Waals surface area (Å²) in [5.74, 6) is 0.428. The molecule has 142 valence electrons. The van der Waals surface area contributed by atoms with Gasteiger partial charge in [-0.25, -0.2) is 0 Å². The fourth-order valence-corrected chi connectivity index (χ4v) is 4.56. The predicted molar refractivity (Wildman–Crippen MR) is 96.2 cm³/mol. The average Bonchev–Trinajstić information content (AvgIpc) is 2.85. The summed E-state index contributed by atoms with van der Waals surface area (Å²) < 4.78 is 5.62. The van der Waals surface area contributed by atoms with E-state index in [1.165, 1.54) is 0 Å². The fourth-order valence-electron chi connectivity index (χ4n) is 4.56. The van der Waals surface area contributed by atoms with Crippen molar-refractivity contribution >= 4 is 11.8 Å². The van der Waals surface area contributed by atoms with E-state index < -0.39 is 0 Å². The molecule has 25 heavy (non-hydrogen) atoms. The summed E-state index contributed by atoms with van der Waals surface area (Å²) in [7, 11) is 5.78. The number of rotatable bonds is 6. The van der Waals surface area contributed by atoms with Crippen LogP contribution in [-0.4, -0.2) is 86.0 Å². The predicted octanol–water partition coefficient (Wildman–Crippen LogP) is 1.35. The molecule has 0 bridgehead atoms. The van der Waals surface area contributed by atoms with E-state index >= 15 is 0 Å². The molecule has 0 aromatic heterocycles. The molecule has 0 aromatic rings. The monoisotopic (exact) mass is 351 g/mol. The number of amides is 2. The lowest BCUT2D eigenvalue weighted by Gasteiger charge is -2.43. The Morgan fingerprint density at radius 2 is 1.92 bits per heavy atom. The van der Waals surface area contributed by atoms with E-state index in [1.807, 2.05) is 23.9 Å². The number of piperidine rings is 1. The van der Waals surface area contributed by atoms with Crippen LogP contribution in [0.2, 0.25) is 0 Å². The zero-order valence-corrected chi connectivity index (χ0v) is 16.1. The topological polar surface area (TPSA) is 53.1 Å². The Morgan fingerprint density at radius 1 is 1.16 bits per heavy atom. The molecule has 2 saturated heterocycles. The van der Waals surface area contributed by atoms with Crippen LogP contribution >= 0.6 is 0 Å². The van der Waals surface area contributed by atoms with Crippen LogP contribution in [0.5, 0.6) is 0 Å². The Morgan fingerprint density at radius 3 is 2.52 bits per heavy atom. The van der Waals surface area contributed by atoms with Gasteiger partial charge >= 0.3 is 0 Å². The second-order valence-corrected chi connectivity index (χ2v) is 8.46. The molecule has 2 amide bonds. The highest BCUT2D eigenvalue weighted by Gasteiger charge is 2.50. The van der Waals surface area contributed by atoms with Crippen molar-refractivity contribution < 1.29 is 14.3 Å². The van der Waals surface area contributed by atoms with Crippen LogP contribution in [0.15, 0.2) is 0 Å². The third kappa shape index (κ3) is 3.70. The van der Waals surface area contributed by atoms with Gasteiger partial charge in [-0.1, -0.05) is 0 Å². The summed E-state index contributed by atoms with van der Waals surface area (Å²) in [5.41, 5.74) is -0.570. The van der Waals surface area contributed by atoms with E-state index in [0.29, 0.717) is 13.0 Å². The number of nitrogens with zero attached hydrogens (tertiary/aromatic N) is 3. The highest BCUT2D eigenvalue weighted by atomic mass is 16.5. The van der Waals surface area contributed by atoms with Crippen molar-refractivity contribution in [3.63, 3.8) is 0 Å². The van der Waals surface area contributed by atoms with Gasteiger partial charge < -0.3 is 19.4 Å². The highest BCUT2D eigenvalue weighted by Crippen LogP contribution is 2.42. The zero-order chi connectivity index (χ0) is 18.1.